The van der Waals surface area contributed by atoms with E-state index in [0.717, 1.165) is 30.5 Å². The molecule has 0 unspecified atom stereocenters. The molecule has 7 heteroatoms. The van der Waals surface area contributed by atoms with Gasteiger partial charge in [-0.15, -0.1) is 47.1 Å². The Kier molecular flexibility index (Phi) is 9.57. The van der Waals surface area contributed by atoms with Crippen LogP contribution in [0.1, 0.15) is 15.4 Å². The largest absolute Gasteiger partial charge is 0.356 e. The standard InChI is InChI=1S/C16H22N4S2.HI/c1-12-10-19-15(22-12)8-9-18-16(17-2)20-11-13-4-6-14(21-3)7-5-13;/h4-7,10H,8-9,11H2,1-3H3,(H2,17,18,20);1H. The number of benzene rings is 1. The first-order chi connectivity index (χ1) is 10.7. The number of guanidine groups is 1. The zero-order valence-corrected chi connectivity index (χ0v) is 17.6. The van der Waals surface area contributed by atoms with Crippen molar-refractivity contribution in [3.63, 3.8) is 0 Å². The van der Waals surface area contributed by atoms with Crippen LogP contribution in [0.3, 0.4) is 0 Å². The van der Waals surface area contributed by atoms with Gasteiger partial charge < -0.3 is 10.6 Å². The van der Waals surface area contributed by atoms with Gasteiger partial charge in [0.05, 0.1) is 5.01 Å². The van der Waals surface area contributed by atoms with Crippen LogP contribution in [0.2, 0.25) is 0 Å². The van der Waals surface area contributed by atoms with E-state index < -0.39 is 0 Å². The number of nitrogens with zero attached hydrogens (tertiary/aromatic N) is 2. The number of aryl methyl sites for hydroxylation is 1. The second-order valence-corrected chi connectivity index (χ2v) is 7.01. The van der Waals surface area contributed by atoms with Crippen LogP contribution >= 0.6 is 47.1 Å². The van der Waals surface area contributed by atoms with Crippen molar-refractivity contribution in [2.24, 2.45) is 4.99 Å². The molecule has 2 aromatic rings. The predicted molar refractivity (Wildman–Crippen MR) is 112 cm³/mol. The second kappa shape index (κ2) is 10.9. The summed E-state index contributed by atoms with van der Waals surface area (Å²) in [7, 11) is 1.79. The molecule has 2 N–H and O–H groups in total. The summed E-state index contributed by atoms with van der Waals surface area (Å²) in [6, 6.07) is 8.57. The van der Waals surface area contributed by atoms with E-state index in [0.29, 0.717) is 0 Å². The number of halogens is 1. The van der Waals surface area contributed by atoms with Gasteiger partial charge in [0.15, 0.2) is 5.96 Å². The molecule has 4 nitrogen and oxygen atoms in total. The zero-order chi connectivity index (χ0) is 15.8. The molecular formula is C16H23IN4S2. The molecule has 0 bridgehead atoms. The van der Waals surface area contributed by atoms with Crippen molar-refractivity contribution in [1.29, 1.82) is 0 Å². The molecule has 0 spiro atoms. The third-order valence-corrected chi connectivity index (χ3v) is 4.86. The SMILES string of the molecule is CN=C(NCCc1ncc(C)s1)NCc1ccc(SC)cc1.I. The highest BCUT2D eigenvalue weighted by molar-refractivity contribution is 14.0. The van der Waals surface area contributed by atoms with E-state index in [1.807, 2.05) is 6.20 Å². The Morgan fingerprint density at radius 1 is 1.26 bits per heavy atom. The Hall–Kier alpha value is -0.800. The van der Waals surface area contributed by atoms with E-state index >= 15 is 0 Å². The first-order valence-corrected chi connectivity index (χ1v) is 9.24. The minimum Gasteiger partial charge on any atom is -0.356 e. The number of thioether (sulfide) groups is 1. The number of hydrogen-bond donors (Lipinski definition) is 2. The minimum absolute atomic E-state index is 0. The van der Waals surface area contributed by atoms with Gasteiger partial charge in [0.1, 0.15) is 0 Å². The fraction of sp³-hybridized carbons (Fsp3) is 0.375. The van der Waals surface area contributed by atoms with Crippen molar-refractivity contribution >= 4 is 53.0 Å². The Morgan fingerprint density at radius 2 is 2.00 bits per heavy atom. The molecule has 0 radical (unpaired) electrons. The summed E-state index contributed by atoms with van der Waals surface area (Å²) >= 11 is 3.50. The van der Waals surface area contributed by atoms with Gasteiger partial charge >= 0.3 is 0 Å². The Balaban J connectivity index is 0.00000264. The van der Waals surface area contributed by atoms with Crippen LogP contribution < -0.4 is 10.6 Å². The molecule has 1 heterocycles. The maximum Gasteiger partial charge on any atom is 0.191 e. The van der Waals surface area contributed by atoms with Gasteiger partial charge in [-0.1, -0.05) is 12.1 Å². The number of nitrogens with one attached hydrogen (secondary N) is 2. The van der Waals surface area contributed by atoms with Crippen molar-refractivity contribution in [2.75, 3.05) is 19.8 Å². The number of rotatable bonds is 6. The smallest absolute Gasteiger partial charge is 0.191 e. The van der Waals surface area contributed by atoms with Crippen LogP contribution in [0.15, 0.2) is 40.4 Å². The first kappa shape index (κ1) is 20.2. The summed E-state index contributed by atoms with van der Waals surface area (Å²) < 4.78 is 0. The van der Waals surface area contributed by atoms with Crippen molar-refractivity contribution in [2.45, 2.75) is 24.8 Å². The molecule has 126 valence electrons. The Bertz CT molecular complexity index is 611. The van der Waals surface area contributed by atoms with E-state index in [1.165, 1.54) is 15.3 Å². The molecule has 0 fully saturated rings. The Labute approximate surface area is 163 Å². The summed E-state index contributed by atoms with van der Waals surface area (Å²) in [4.78, 5) is 11.1. The highest BCUT2D eigenvalue weighted by Crippen LogP contribution is 2.14. The maximum absolute atomic E-state index is 4.36. The molecule has 2 rings (SSSR count). The van der Waals surface area contributed by atoms with Gasteiger partial charge in [0, 0.05) is 42.5 Å². The maximum atomic E-state index is 4.36. The van der Waals surface area contributed by atoms with Gasteiger partial charge in [0.2, 0.25) is 0 Å². The molecule has 1 aromatic heterocycles. The van der Waals surface area contributed by atoms with Crippen LogP contribution in [-0.4, -0.2) is 30.8 Å². The van der Waals surface area contributed by atoms with Gasteiger partial charge in [-0.05, 0) is 30.9 Å². The number of thiazole rings is 1. The van der Waals surface area contributed by atoms with Crippen LogP contribution in [-0.2, 0) is 13.0 Å². The van der Waals surface area contributed by atoms with E-state index in [-0.39, 0.29) is 24.0 Å². The predicted octanol–water partition coefficient (Wildman–Crippen LogP) is 3.70. The van der Waals surface area contributed by atoms with Crippen molar-refractivity contribution in [3.05, 3.63) is 45.9 Å². The molecule has 0 aliphatic heterocycles. The summed E-state index contributed by atoms with van der Waals surface area (Å²) in [5.41, 5.74) is 1.25. The minimum atomic E-state index is 0. The fourth-order valence-corrected chi connectivity index (χ4v) is 3.15. The van der Waals surface area contributed by atoms with E-state index in [4.69, 9.17) is 0 Å². The van der Waals surface area contributed by atoms with Crippen LogP contribution in [0.4, 0.5) is 0 Å². The molecule has 0 saturated carbocycles. The van der Waals surface area contributed by atoms with Crippen molar-refractivity contribution in [1.82, 2.24) is 15.6 Å². The van der Waals surface area contributed by atoms with Gasteiger partial charge in [-0.25, -0.2) is 4.98 Å². The quantitative estimate of drug-likeness (QED) is 0.298. The summed E-state index contributed by atoms with van der Waals surface area (Å²) in [5, 5.41) is 7.81. The fourth-order valence-electron chi connectivity index (χ4n) is 1.95. The lowest BCUT2D eigenvalue weighted by atomic mass is 10.2. The lowest BCUT2D eigenvalue weighted by Gasteiger charge is -2.11. The lowest BCUT2D eigenvalue weighted by Crippen LogP contribution is -2.37. The molecule has 1 aromatic carbocycles. The van der Waals surface area contributed by atoms with Crippen molar-refractivity contribution < 1.29 is 0 Å². The highest BCUT2D eigenvalue weighted by Gasteiger charge is 2.01. The number of aromatic nitrogens is 1. The van der Waals surface area contributed by atoms with Gasteiger partial charge in [-0.3, -0.25) is 4.99 Å². The summed E-state index contributed by atoms with van der Waals surface area (Å²) in [6.07, 6.45) is 4.93. The normalized spacial score (nSPS) is 11.0. The van der Waals surface area contributed by atoms with Crippen LogP contribution in [0.5, 0.6) is 0 Å². The first-order valence-electron chi connectivity index (χ1n) is 7.20. The molecule has 0 aliphatic rings. The second-order valence-electron chi connectivity index (χ2n) is 4.82. The van der Waals surface area contributed by atoms with Gasteiger partial charge in [-0.2, -0.15) is 0 Å². The summed E-state index contributed by atoms with van der Waals surface area (Å²) in [5.74, 6) is 0.822. The van der Waals surface area contributed by atoms with E-state index in [2.05, 4.69) is 58.1 Å². The molecule has 0 saturated heterocycles. The van der Waals surface area contributed by atoms with Gasteiger partial charge in [0.25, 0.3) is 0 Å². The number of aliphatic imine (C=N–C) groups is 1. The molecule has 0 aliphatic carbocycles. The zero-order valence-electron chi connectivity index (χ0n) is 13.6. The average Bonchev–Trinajstić information content (AvgIpc) is 2.96. The van der Waals surface area contributed by atoms with E-state index in [1.54, 1.807) is 30.1 Å². The van der Waals surface area contributed by atoms with Crippen LogP contribution in [0, 0.1) is 6.92 Å². The molecule has 23 heavy (non-hydrogen) atoms. The molecule has 0 atom stereocenters. The lowest BCUT2D eigenvalue weighted by molar-refractivity contribution is 0.791. The van der Waals surface area contributed by atoms with Crippen LogP contribution in [0.25, 0.3) is 0 Å². The molecule has 0 amide bonds. The third-order valence-electron chi connectivity index (χ3n) is 3.14. The van der Waals surface area contributed by atoms with Crippen molar-refractivity contribution in [3.8, 4) is 0 Å². The monoisotopic (exact) mass is 462 g/mol. The third kappa shape index (κ3) is 7.09. The van der Waals surface area contributed by atoms with E-state index in [9.17, 15) is 0 Å². The average molecular weight is 462 g/mol. The molecular weight excluding hydrogens is 439 g/mol. The topological polar surface area (TPSA) is 49.3 Å². The number of hydrogen-bond acceptors (Lipinski definition) is 4. The highest BCUT2D eigenvalue weighted by atomic mass is 127. The summed E-state index contributed by atoms with van der Waals surface area (Å²) in [6.45, 7) is 3.68. The Morgan fingerprint density at radius 3 is 2.57 bits per heavy atom.